The Bertz CT molecular complexity index is 374. The lowest BCUT2D eigenvalue weighted by Crippen LogP contribution is -2.29. The molecule has 0 spiro atoms. The molecule has 2 nitrogen and oxygen atoms in total. The van der Waals surface area contributed by atoms with E-state index < -0.39 is 0 Å². The van der Waals surface area contributed by atoms with Gasteiger partial charge in [-0.3, -0.25) is 0 Å². The van der Waals surface area contributed by atoms with Crippen molar-refractivity contribution in [3.05, 3.63) is 35.1 Å². The van der Waals surface area contributed by atoms with E-state index >= 15 is 0 Å². The molecule has 2 N–H and O–H groups in total. The first-order valence-electron chi connectivity index (χ1n) is 6.35. The molecule has 0 aromatic heterocycles. The Balaban J connectivity index is 1.97. The Labute approximate surface area is 103 Å². The van der Waals surface area contributed by atoms with Crippen molar-refractivity contribution in [1.82, 2.24) is 4.90 Å². The minimum Gasteiger partial charge on any atom is -0.326 e. The first-order chi connectivity index (χ1) is 8.20. The monoisotopic (exact) mass is 236 g/mol. The molecule has 1 aromatic rings. The van der Waals surface area contributed by atoms with Crippen molar-refractivity contribution in [1.29, 1.82) is 0 Å². The van der Waals surface area contributed by atoms with Crippen LogP contribution in [0.1, 0.15) is 30.4 Å². The van der Waals surface area contributed by atoms with Gasteiger partial charge in [-0.1, -0.05) is 24.6 Å². The molecule has 1 aromatic carbocycles. The fourth-order valence-corrected chi connectivity index (χ4v) is 2.38. The van der Waals surface area contributed by atoms with Crippen LogP contribution in [0.2, 0.25) is 0 Å². The number of halogens is 1. The highest BCUT2D eigenvalue weighted by molar-refractivity contribution is 5.25. The summed E-state index contributed by atoms with van der Waals surface area (Å²) in [6, 6.07) is 5.49. The number of rotatable bonds is 5. The maximum atomic E-state index is 14.0. The molecule has 17 heavy (non-hydrogen) atoms. The molecule has 1 aliphatic carbocycles. The highest BCUT2D eigenvalue weighted by Gasteiger charge is 2.19. The largest absolute Gasteiger partial charge is 0.326 e. The van der Waals surface area contributed by atoms with E-state index in [-0.39, 0.29) is 12.4 Å². The molecule has 1 fully saturated rings. The van der Waals surface area contributed by atoms with Crippen LogP contribution in [0.4, 0.5) is 4.39 Å². The molecular formula is C14H21FN2. The van der Waals surface area contributed by atoms with Gasteiger partial charge in [0.2, 0.25) is 0 Å². The fourth-order valence-electron chi connectivity index (χ4n) is 2.38. The van der Waals surface area contributed by atoms with Crippen molar-refractivity contribution in [3.63, 3.8) is 0 Å². The maximum Gasteiger partial charge on any atom is 0.132 e. The van der Waals surface area contributed by atoms with Crippen LogP contribution in [0, 0.1) is 11.7 Å². The minimum atomic E-state index is -0.129. The lowest BCUT2D eigenvalue weighted by atomic mass is 9.85. The second-order valence-electron chi connectivity index (χ2n) is 5.09. The minimum absolute atomic E-state index is 0.129. The van der Waals surface area contributed by atoms with Crippen molar-refractivity contribution in [2.75, 3.05) is 13.6 Å². The van der Waals surface area contributed by atoms with Crippen LogP contribution in [0.15, 0.2) is 18.2 Å². The summed E-state index contributed by atoms with van der Waals surface area (Å²) in [7, 11) is 2.06. The Morgan fingerprint density at radius 2 is 2.06 bits per heavy atom. The van der Waals surface area contributed by atoms with E-state index in [0.29, 0.717) is 12.1 Å². The Hall–Kier alpha value is -0.930. The van der Waals surface area contributed by atoms with Crippen molar-refractivity contribution >= 4 is 0 Å². The Kier molecular flexibility index (Phi) is 4.13. The second-order valence-corrected chi connectivity index (χ2v) is 5.09. The Morgan fingerprint density at radius 3 is 2.65 bits per heavy atom. The maximum absolute atomic E-state index is 14.0. The number of benzene rings is 1. The van der Waals surface area contributed by atoms with Gasteiger partial charge in [0.05, 0.1) is 0 Å². The standard InChI is InChI=1S/C14H21FN2/c1-17(9-11-4-2-5-11)10-13-7-3-6-12(8-16)14(13)15/h3,6-7,11H,2,4-5,8-10,16H2,1H3. The quantitative estimate of drug-likeness (QED) is 0.851. The van der Waals surface area contributed by atoms with Gasteiger partial charge in [0.1, 0.15) is 5.82 Å². The molecule has 0 aliphatic heterocycles. The summed E-state index contributed by atoms with van der Waals surface area (Å²) in [5, 5.41) is 0. The second kappa shape index (κ2) is 5.61. The van der Waals surface area contributed by atoms with Gasteiger partial charge in [-0.25, -0.2) is 4.39 Å². The summed E-state index contributed by atoms with van der Waals surface area (Å²) in [6.45, 7) is 2.02. The molecule has 3 heteroatoms. The number of hydrogen-bond acceptors (Lipinski definition) is 2. The molecule has 1 aliphatic rings. The van der Waals surface area contributed by atoms with Crippen molar-refractivity contribution < 1.29 is 4.39 Å². The van der Waals surface area contributed by atoms with Gasteiger partial charge in [0, 0.05) is 30.8 Å². The van der Waals surface area contributed by atoms with Crippen molar-refractivity contribution in [2.24, 2.45) is 11.7 Å². The first kappa shape index (κ1) is 12.5. The van der Waals surface area contributed by atoms with Crippen LogP contribution in [0.5, 0.6) is 0 Å². The van der Waals surface area contributed by atoms with Crippen LogP contribution < -0.4 is 5.73 Å². The zero-order valence-corrected chi connectivity index (χ0v) is 10.5. The smallest absolute Gasteiger partial charge is 0.132 e. The summed E-state index contributed by atoms with van der Waals surface area (Å²) in [5.74, 6) is 0.691. The normalized spacial score (nSPS) is 16.2. The van der Waals surface area contributed by atoms with E-state index in [4.69, 9.17) is 5.73 Å². The van der Waals surface area contributed by atoms with Gasteiger partial charge in [0.25, 0.3) is 0 Å². The molecule has 0 saturated heterocycles. The summed E-state index contributed by atoms with van der Waals surface area (Å²) >= 11 is 0. The molecule has 1 saturated carbocycles. The molecule has 0 radical (unpaired) electrons. The molecular weight excluding hydrogens is 215 g/mol. The van der Waals surface area contributed by atoms with Gasteiger partial charge in [0.15, 0.2) is 0 Å². The summed E-state index contributed by atoms with van der Waals surface area (Å²) < 4.78 is 14.0. The first-order valence-corrected chi connectivity index (χ1v) is 6.35. The van der Waals surface area contributed by atoms with Crippen LogP contribution >= 0.6 is 0 Å². The van der Waals surface area contributed by atoms with Gasteiger partial charge in [-0.05, 0) is 25.8 Å². The molecule has 0 unspecified atom stereocenters. The molecule has 0 bridgehead atoms. The highest BCUT2D eigenvalue weighted by atomic mass is 19.1. The summed E-state index contributed by atoms with van der Waals surface area (Å²) in [6.07, 6.45) is 4.01. The zero-order valence-electron chi connectivity index (χ0n) is 10.5. The molecule has 0 heterocycles. The van der Waals surface area contributed by atoms with Gasteiger partial charge in [-0.15, -0.1) is 0 Å². The number of nitrogens with zero attached hydrogens (tertiary/aromatic N) is 1. The fraction of sp³-hybridized carbons (Fsp3) is 0.571. The molecule has 0 amide bonds. The van der Waals surface area contributed by atoms with Gasteiger partial charge in [-0.2, -0.15) is 0 Å². The predicted octanol–water partition coefficient (Wildman–Crippen LogP) is 2.52. The topological polar surface area (TPSA) is 29.3 Å². The van der Waals surface area contributed by atoms with Crippen LogP contribution in [0.25, 0.3) is 0 Å². The Morgan fingerprint density at radius 1 is 1.35 bits per heavy atom. The lowest BCUT2D eigenvalue weighted by molar-refractivity contribution is 0.199. The van der Waals surface area contributed by atoms with Gasteiger partial charge < -0.3 is 10.6 Å². The average molecular weight is 236 g/mol. The van der Waals surface area contributed by atoms with Crippen LogP contribution in [0.3, 0.4) is 0 Å². The zero-order chi connectivity index (χ0) is 12.3. The van der Waals surface area contributed by atoms with E-state index in [1.807, 2.05) is 12.1 Å². The summed E-state index contributed by atoms with van der Waals surface area (Å²) in [5.41, 5.74) is 6.88. The van der Waals surface area contributed by atoms with E-state index in [0.717, 1.165) is 18.0 Å². The van der Waals surface area contributed by atoms with Crippen LogP contribution in [-0.4, -0.2) is 18.5 Å². The third-order valence-corrected chi connectivity index (χ3v) is 3.61. The van der Waals surface area contributed by atoms with E-state index in [9.17, 15) is 4.39 Å². The summed E-state index contributed by atoms with van der Waals surface area (Å²) in [4.78, 5) is 2.21. The third-order valence-electron chi connectivity index (χ3n) is 3.61. The molecule has 0 atom stereocenters. The molecule has 2 rings (SSSR count). The predicted molar refractivity (Wildman–Crippen MR) is 68.0 cm³/mol. The number of nitrogens with two attached hydrogens (primary N) is 1. The van der Waals surface area contributed by atoms with E-state index in [1.165, 1.54) is 19.3 Å². The molecule has 94 valence electrons. The van der Waals surface area contributed by atoms with Crippen molar-refractivity contribution in [2.45, 2.75) is 32.4 Å². The average Bonchev–Trinajstić information content (AvgIpc) is 2.27. The van der Waals surface area contributed by atoms with E-state index in [1.54, 1.807) is 6.07 Å². The van der Waals surface area contributed by atoms with Crippen molar-refractivity contribution in [3.8, 4) is 0 Å². The SMILES string of the molecule is CN(Cc1cccc(CN)c1F)CC1CCC1. The lowest BCUT2D eigenvalue weighted by Gasteiger charge is -2.30. The van der Waals surface area contributed by atoms with Gasteiger partial charge >= 0.3 is 0 Å². The third kappa shape index (κ3) is 3.05. The van der Waals surface area contributed by atoms with E-state index in [2.05, 4.69) is 11.9 Å². The van der Waals surface area contributed by atoms with Crippen LogP contribution in [-0.2, 0) is 13.1 Å². The number of hydrogen-bond donors (Lipinski definition) is 1. The highest BCUT2D eigenvalue weighted by Crippen LogP contribution is 2.27.